The number of anilines is 1. The number of rotatable bonds is 3. The van der Waals surface area contributed by atoms with Gasteiger partial charge in [0.1, 0.15) is 0 Å². The Hall–Kier alpha value is -1.94. The number of nitrogens with zero attached hydrogens (tertiary/aromatic N) is 1. The first-order valence-electron chi connectivity index (χ1n) is 7.41. The minimum Gasteiger partial charge on any atom is -0.346 e. The highest BCUT2D eigenvalue weighted by atomic mass is 16.5. The number of carbonyl (C=O) groups is 2. The van der Waals surface area contributed by atoms with Crippen LogP contribution in [0.2, 0.25) is 0 Å². The maximum atomic E-state index is 12.4. The molecule has 0 spiro atoms. The second kappa shape index (κ2) is 5.82. The molecular formula is C17H19NO3. The quantitative estimate of drug-likeness (QED) is 0.802. The number of ketones is 1. The number of amides is 1. The topological polar surface area (TPSA) is 46.6 Å². The monoisotopic (exact) mass is 285 g/mol. The highest BCUT2D eigenvalue weighted by Crippen LogP contribution is 2.32. The second-order valence-electron chi connectivity index (χ2n) is 5.53. The average Bonchev–Trinajstić information content (AvgIpc) is 3.07. The van der Waals surface area contributed by atoms with Gasteiger partial charge in [-0.1, -0.05) is 23.8 Å². The van der Waals surface area contributed by atoms with Crippen LogP contribution in [0.5, 0.6) is 0 Å². The van der Waals surface area contributed by atoms with Crippen LogP contribution in [0, 0.1) is 0 Å². The molecule has 1 aliphatic heterocycles. The van der Waals surface area contributed by atoms with Crippen molar-refractivity contribution in [3.05, 3.63) is 41.5 Å². The van der Waals surface area contributed by atoms with Crippen LogP contribution in [-0.2, 0) is 9.53 Å². The lowest BCUT2D eigenvalue weighted by Gasteiger charge is -2.22. The first-order chi connectivity index (χ1) is 10.2. The van der Waals surface area contributed by atoms with E-state index in [-0.39, 0.29) is 11.7 Å². The van der Waals surface area contributed by atoms with Crippen LogP contribution in [0.3, 0.4) is 0 Å². The molecule has 1 aromatic carbocycles. The summed E-state index contributed by atoms with van der Waals surface area (Å²) in [5.74, 6) is -0.308. The lowest BCUT2D eigenvalue weighted by Crippen LogP contribution is -2.40. The third-order valence-corrected chi connectivity index (χ3v) is 4.10. The summed E-state index contributed by atoms with van der Waals surface area (Å²) in [5, 5.41) is 0. The Kier molecular flexibility index (Phi) is 3.88. The van der Waals surface area contributed by atoms with Crippen molar-refractivity contribution in [2.45, 2.75) is 38.8 Å². The molecule has 4 heteroatoms. The van der Waals surface area contributed by atoms with Gasteiger partial charge < -0.3 is 4.74 Å². The fraction of sp³-hybridized carbons (Fsp3) is 0.412. The lowest BCUT2D eigenvalue weighted by atomic mass is 10.1. The van der Waals surface area contributed by atoms with Crippen molar-refractivity contribution in [3.63, 3.8) is 0 Å². The fourth-order valence-corrected chi connectivity index (χ4v) is 3.04. The first kappa shape index (κ1) is 14.0. The zero-order valence-electron chi connectivity index (χ0n) is 12.2. The number of para-hydroxylation sites is 1. The summed E-state index contributed by atoms with van der Waals surface area (Å²) in [7, 11) is 0. The molecule has 1 amide bonds. The van der Waals surface area contributed by atoms with Crippen LogP contribution in [0.1, 0.15) is 43.0 Å². The highest BCUT2D eigenvalue weighted by molar-refractivity contribution is 6.16. The Labute approximate surface area is 124 Å². The molecule has 110 valence electrons. The van der Waals surface area contributed by atoms with E-state index in [2.05, 4.69) is 6.08 Å². The summed E-state index contributed by atoms with van der Waals surface area (Å²) in [6, 6.07) is 7.16. The molecule has 0 bridgehead atoms. The molecule has 1 atom stereocenters. The van der Waals surface area contributed by atoms with E-state index in [1.165, 1.54) is 30.2 Å². The van der Waals surface area contributed by atoms with Gasteiger partial charge >= 0.3 is 0 Å². The van der Waals surface area contributed by atoms with Gasteiger partial charge in [0.25, 0.3) is 0 Å². The zero-order valence-corrected chi connectivity index (χ0v) is 12.2. The molecule has 0 aromatic heterocycles. The van der Waals surface area contributed by atoms with Crippen LogP contribution in [0.15, 0.2) is 35.9 Å². The maximum absolute atomic E-state index is 12.4. The van der Waals surface area contributed by atoms with Crippen molar-refractivity contribution >= 4 is 17.4 Å². The Balaban J connectivity index is 1.76. The minimum atomic E-state index is -0.821. The number of benzene rings is 1. The van der Waals surface area contributed by atoms with E-state index in [0.717, 1.165) is 12.8 Å². The van der Waals surface area contributed by atoms with Gasteiger partial charge in [0.2, 0.25) is 17.9 Å². The third kappa shape index (κ3) is 2.63. The molecule has 1 saturated carbocycles. The summed E-state index contributed by atoms with van der Waals surface area (Å²) in [6.45, 7) is 1.84. The zero-order chi connectivity index (χ0) is 14.8. The van der Waals surface area contributed by atoms with Gasteiger partial charge in [-0.05, 0) is 37.8 Å². The second-order valence-corrected chi connectivity index (χ2v) is 5.53. The number of Topliss-reactive ketones (excluding diaryl/α,β-unsaturated/α-hetero) is 1. The molecule has 1 aromatic rings. The molecule has 21 heavy (non-hydrogen) atoms. The normalized spacial score (nSPS) is 20.8. The van der Waals surface area contributed by atoms with Crippen molar-refractivity contribution in [3.8, 4) is 0 Å². The summed E-state index contributed by atoms with van der Waals surface area (Å²) >= 11 is 0. The number of fused-ring (bicyclic) bond motifs is 1. The van der Waals surface area contributed by atoms with Gasteiger partial charge in [-0.25, -0.2) is 0 Å². The molecule has 1 aliphatic carbocycles. The van der Waals surface area contributed by atoms with Crippen molar-refractivity contribution in [1.82, 2.24) is 0 Å². The molecular weight excluding hydrogens is 266 g/mol. The van der Waals surface area contributed by atoms with Crippen LogP contribution in [0.4, 0.5) is 5.69 Å². The fourth-order valence-electron chi connectivity index (χ4n) is 3.04. The maximum Gasteiger partial charge on any atom is 0.226 e. The van der Waals surface area contributed by atoms with E-state index in [0.29, 0.717) is 17.9 Å². The summed E-state index contributed by atoms with van der Waals surface area (Å²) in [6.07, 6.45) is 5.95. The largest absolute Gasteiger partial charge is 0.346 e. The number of allylic oxidation sites excluding steroid dienone is 1. The van der Waals surface area contributed by atoms with Gasteiger partial charge in [0, 0.05) is 12.5 Å². The molecule has 4 nitrogen and oxygen atoms in total. The Bertz CT molecular complexity index is 598. The predicted octanol–water partition coefficient (Wildman–Crippen LogP) is 3.08. The smallest absolute Gasteiger partial charge is 0.226 e. The highest BCUT2D eigenvalue weighted by Gasteiger charge is 2.39. The minimum absolute atomic E-state index is 0.134. The van der Waals surface area contributed by atoms with E-state index >= 15 is 0 Å². The van der Waals surface area contributed by atoms with E-state index in [4.69, 9.17) is 4.74 Å². The van der Waals surface area contributed by atoms with Crippen molar-refractivity contribution in [2.24, 2.45) is 0 Å². The van der Waals surface area contributed by atoms with Crippen molar-refractivity contribution < 1.29 is 14.3 Å². The summed E-state index contributed by atoms with van der Waals surface area (Å²) < 4.78 is 5.71. The molecule has 1 fully saturated rings. The Morgan fingerprint density at radius 2 is 2.05 bits per heavy atom. The summed E-state index contributed by atoms with van der Waals surface area (Å²) in [5.41, 5.74) is 2.60. The van der Waals surface area contributed by atoms with E-state index in [1.54, 1.807) is 18.2 Å². The van der Waals surface area contributed by atoms with Gasteiger partial charge in [-0.3, -0.25) is 14.5 Å². The molecule has 0 saturated heterocycles. The van der Waals surface area contributed by atoms with Crippen LogP contribution in [-0.4, -0.2) is 24.5 Å². The molecule has 3 rings (SSSR count). The van der Waals surface area contributed by atoms with Crippen LogP contribution >= 0.6 is 0 Å². The van der Waals surface area contributed by atoms with Crippen molar-refractivity contribution in [2.75, 3.05) is 11.5 Å². The Morgan fingerprint density at radius 3 is 2.76 bits per heavy atom. The third-order valence-electron chi connectivity index (χ3n) is 4.10. The van der Waals surface area contributed by atoms with Gasteiger partial charge in [0.05, 0.1) is 12.3 Å². The standard InChI is InChI=1S/C17H19NO3/c1-12(19)18-15-9-5-4-8-14(15)16(20)17(18)21-11-10-13-6-2-3-7-13/h4-5,8-10,17H,2-3,6-7,11H2,1H3. The average molecular weight is 285 g/mol. The molecule has 0 N–H and O–H groups in total. The van der Waals surface area contributed by atoms with Crippen LogP contribution in [0.25, 0.3) is 0 Å². The number of carbonyl (C=O) groups excluding carboxylic acids is 2. The number of ether oxygens (including phenoxy) is 1. The van der Waals surface area contributed by atoms with Gasteiger partial charge in [0.15, 0.2) is 0 Å². The van der Waals surface area contributed by atoms with Crippen LogP contribution < -0.4 is 4.90 Å². The molecule has 0 radical (unpaired) electrons. The molecule has 2 aliphatic rings. The van der Waals surface area contributed by atoms with E-state index in [9.17, 15) is 9.59 Å². The number of hydrogen-bond donors (Lipinski definition) is 0. The SMILES string of the molecule is CC(=O)N1c2ccccc2C(=O)C1OCC=C1CCCC1. The Morgan fingerprint density at radius 1 is 1.33 bits per heavy atom. The van der Waals surface area contributed by atoms with Gasteiger partial charge in [-0.2, -0.15) is 0 Å². The van der Waals surface area contributed by atoms with Gasteiger partial charge in [-0.15, -0.1) is 0 Å². The predicted molar refractivity (Wildman–Crippen MR) is 80.2 cm³/mol. The summed E-state index contributed by atoms with van der Waals surface area (Å²) in [4.78, 5) is 25.7. The number of hydrogen-bond acceptors (Lipinski definition) is 3. The van der Waals surface area contributed by atoms with E-state index in [1.807, 2.05) is 6.07 Å². The molecule has 1 heterocycles. The lowest BCUT2D eigenvalue weighted by molar-refractivity contribution is -0.118. The van der Waals surface area contributed by atoms with E-state index < -0.39 is 6.23 Å². The van der Waals surface area contributed by atoms with Crippen molar-refractivity contribution in [1.29, 1.82) is 0 Å². The first-order valence-corrected chi connectivity index (χ1v) is 7.41. The molecule has 1 unspecified atom stereocenters.